The number of nitrogens with zero attached hydrogens (tertiary/aromatic N) is 3. The Morgan fingerprint density at radius 2 is 1.96 bits per heavy atom. The van der Waals surface area contributed by atoms with E-state index in [1.54, 1.807) is 18.3 Å². The molecule has 2 aromatic heterocycles. The number of pyridine rings is 2. The molecule has 0 aliphatic carbocycles. The topological polar surface area (TPSA) is 107 Å². The molecule has 0 saturated heterocycles. The number of nitro benzene ring substituents is 1. The van der Waals surface area contributed by atoms with Gasteiger partial charge in [-0.1, -0.05) is 23.2 Å². The minimum absolute atomic E-state index is 0.0655. The van der Waals surface area contributed by atoms with Crippen molar-refractivity contribution in [3.63, 3.8) is 0 Å². The normalized spacial score (nSPS) is 10.3. The quantitative estimate of drug-likeness (QED) is 0.373. The zero-order chi connectivity index (χ0) is 19.4. The number of amides is 1. The number of hydrogen-bond donors (Lipinski definition) is 1. The first-order valence-electron chi connectivity index (χ1n) is 7.42. The van der Waals surface area contributed by atoms with E-state index in [-0.39, 0.29) is 32.9 Å². The zero-order valence-corrected chi connectivity index (χ0v) is 14.9. The molecule has 1 amide bonds. The van der Waals surface area contributed by atoms with Crippen LogP contribution in [0, 0.1) is 10.1 Å². The van der Waals surface area contributed by atoms with Gasteiger partial charge in [0.1, 0.15) is 16.7 Å². The molecule has 0 aliphatic rings. The molecule has 8 nitrogen and oxygen atoms in total. The maximum Gasteiger partial charge on any atom is 0.275 e. The Labute approximate surface area is 162 Å². The van der Waals surface area contributed by atoms with E-state index in [1.165, 1.54) is 36.7 Å². The largest absolute Gasteiger partial charge is 0.455 e. The van der Waals surface area contributed by atoms with Crippen molar-refractivity contribution in [2.75, 3.05) is 5.32 Å². The number of non-ortho nitro benzene ring substituents is 1. The van der Waals surface area contributed by atoms with Crippen molar-refractivity contribution in [1.29, 1.82) is 0 Å². The molecule has 1 aromatic carbocycles. The molecule has 0 aliphatic heterocycles. The van der Waals surface area contributed by atoms with Crippen molar-refractivity contribution >= 4 is 40.5 Å². The second kappa shape index (κ2) is 7.98. The molecule has 0 bridgehead atoms. The summed E-state index contributed by atoms with van der Waals surface area (Å²) in [5.41, 5.74) is 0.0590. The number of carbonyl (C=O) groups is 1. The summed E-state index contributed by atoms with van der Waals surface area (Å²) in [6.07, 6.45) is 4.27. The van der Waals surface area contributed by atoms with Crippen LogP contribution in [-0.2, 0) is 0 Å². The van der Waals surface area contributed by atoms with Crippen LogP contribution in [0.3, 0.4) is 0 Å². The molecule has 0 spiro atoms. The van der Waals surface area contributed by atoms with Gasteiger partial charge in [-0.2, -0.15) is 0 Å². The zero-order valence-electron chi connectivity index (χ0n) is 13.4. The Morgan fingerprint density at radius 1 is 1.15 bits per heavy atom. The molecule has 0 unspecified atom stereocenters. The van der Waals surface area contributed by atoms with Crippen LogP contribution in [0.25, 0.3) is 0 Å². The summed E-state index contributed by atoms with van der Waals surface area (Å²) in [5, 5.41) is 13.9. The lowest BCUT2D eigenvalue weighted by atomic mass is 10.2. The molecule has 0 radical (unpaired) electrons. The average Bonchev–Trinajstić information content (AvgIpc) is 2.64. The Morgan fingerprint density at radius 3 is 2.63 bits per heavy atom. The molecule has 0 atom stereocenters. The molecular formula is C17H10Cl2N4O4. The summed E-state index contributed by atoms with van der Waals surface area (Å²) >= 11 is 11.6. The first kappa shape index (κ1) is 18.6. The SMILES string of the molecule is O=C(Nc1cc(Oc2cccnc2)cc([N+](=O)[O-])c1)c1cnc(Cl)c(Cl)c1. The highest BCUT2D eigenvalue weighted by Gasteiger charge is 2.15. The Bertz CT molecular complexity index is 1020. The lowest BCUT2D eigenvalue weighted by Gasteiger charge is -2.09. The van der Waals surface area contributed by atoms with Gasteiger partial charge in [0.15, 0.2) is 0 Å². The number of benzene rings is 1. The number of halogens is 2. The summed E-state index contributed by atoms with van der Waals surface area (Å²) in [6, 6.07) is 8.54. The van der Waals surface area contributed by atoms with Crippen LogP contribution in [0.5, 0.6) is 11.5 Å². The molecule has 3 aromatic rings. The molecule has 136 valence electrons. The second-order valence-electron chi connectivity index (χ2n) is 5.21. The predicted molar refractivity (Wildman–Crippen MR) is 99.6 cm³/mol. The highest BCUT2D eigenvalue weighted by Crippen LogP contribution is 2.30. The van der Waals surface area contributed by atoms with Crippen LogP contribution >= 0.6 is 23.2 Å². The monoisotopic (exact) mass is 404 g/mol. The van der Waals surface area contributed by atoms with Crippen molar-refractivity contribution in [2.24, 2.45) is 0 Å². The van der Waals surface area contributed by atoms with Crippen LogP contribution in [0.1, 0.15) is 10.4 Å². The average molecular weight is 405 g/mol. The van der Waals surface area contributed by atoms with E-state index in [0.29, 0.717) is 5.75 Å². The lowest BCUT2D eigenvalue weighted by Crippen LogP contribution is -2.12. The van der Waals surface area contributed by atoms with Gasteiger partial charge in [0.2, 0.25) is 0 Å². The molecule has 1 N–H and O–H groups in total. The lowest BCUT2D eigenvalue weighted by molar-refractivity contribution is -0.384. The van der Waals surface area contributed by atoms with Crippen LogP contribution < -0.4 is 10.1 Å². The first-order valence-corrected chi connectivity index (χ1v) is 8.18. The summed E-state index contributed by atoms with van der Waals surface area (Å²) in [4.78, 5) is 30.6. The van der Waals surface area contributed by atoms with E-state index in [2.05, 4.69) is 15.3 Å². The molecule has 3 rings (SSSR count). The van der Waals surface area contributed by atoms with E-state index in [4.69, 9.17) is 27.9 Å². The maximum atomic E-state index is 12.4. The fraction of sp³-hybridized carbons (Fsp3) is 0. The summed E-state index contributed by atoms with van der Waals surface area (Å²) in [7, 11) is 0. The van der Waals surface area contributed by atoms with Gasteiger partial charge in [-0.15, -0.1) is 0 Å². The number of rotatable bonds is 5. The minimum atomic E-state index is -0.591. The summed E-state index contributed by atoms with van der Waals surface area (Å²) < 4.78 is 5.56. The molecular weight excluding hydrogens is 395 g/mol. The van der Waals surface area contributed by atoms with E-state index < -0.39 is 10.8 Å². The van der Waals surface area contributed by atoms with Crippen LogP contribution in [0.4, 0.5) is 11.4 Å². The van der Waals surface area contributed by atoms with Crippen molar-refractivity contribution < 1.29 is 14.5 Å². The maximum absolute atomic E-state index is 12.4. The number of ether oxygens (including phenoxy) is 1. The van der Waals surface area contributed by atoms with Gasteiger partial charge >= 0.3 is 0 Å². The molecule has 0 fully saturated rings. The molecule has 0 saturated carbocycles. The molecule has 10 heteroatoms. The van der Waals surface area contributed by atoms with Gasteiger partial charge in [0.05, 0.1) is 33.5 Å². The van der Waals surface area contributed by atoms with Gasteiger partial charge in [-0.05, 0) is 18.2 Å². The second-order valence-corrected chi connectivity index (χ2v) is 5.98. The number of carbonyl (C=O) groups excluding carboxylic acids is 1. The number of hydrogen-bond acceptors (Lipinski definition) is 6. The van der Waals surface area contributed by atoms with Crippen LogP contribution in [-0.4, -0.2) is 20.8 Å². The molecule has 2 heterocycles. The number of nitro groups is 1. The third kappa shape index (κ3) is 4.69. The van der Waals surface area contributed by atoms with E-state index >= 15 is 0 Å². The smallest absolute Gasteiger partial charge is 0.275 e. The van der Waals surface area contributed by atoms with Crippen LogP contribution in [0.15, 0.2) is 55.0 Å². The van der Waals surface area contributed by atoms with Crippen molar-refractivity contribution in [3.8, 4) is 11.5 Å². The number of nitrogens with one attached hydrogen (secondary N) is 1. The predicted octanol–water partition coefficient (Wildman–Crippen LogP) is 4.74. The minimum Gasteiger partial charge on any atom is -0.455 e. The van der Waals surface area contributed by atoms with Gasteiger partial charge < -0.3 is 10.1 Å². The number of anilines is 1. The van der Waals surface area contributed by atoms with Crippen molar-refractivity contribution in [2.45, 2.75) is 0 Å². The molecule has 27 heavy (non-hydrogen) atoms. The Hall–Kier alpha value is -3.23. The highest BCUT2D eigenvalue weighted by atomic mass is 35.5. The third-order valence-corrected chi connectivity index (χ3v) is 3.97. The highest BCUT2D eigenvalue weighted by molar-refractivity contribution is 6.41. The summed E-state index contributed by atoms with van der Waals surface area (Å²) in [5.74, 6) is -0.00221. The third-order valence-electron chi connectivity index (χ3n) is 3.29. The first-order chi connectivity index (χ1) is 12.9. The fourth-order valence-corrected chi connectivity index (χ4v) is 2.38. The standard InChI is InChI=1S/C17H10Cl2N4O4/c18-15-4-10(8-21-16(15)19)17(24)22-11-5-12(23(25)26)7-14(6-11)27-13-2-1-3-20-9-13/h1-9H,(H,22,24). The van der Waals surface area contributed by atoms with E-state index in [0.717, 1.165) is 0 Å². The summed E-state index contributed by atoms with van der Waals surface area (Å²) in [6.45, 7) is 0. The van der Waals surface area contributed by atoms with Crippen LogP contribution in [0.2, 0.25) is 10.2 Å². The van der Waals surface area contributed by atoms with Gasteiger partial charge in [0, 0.05) is 24.5 Å². The van der Waals surface area contributed by atoms with E-state index in [1.807, 2.05) is 0 Å². The fourth-order valence-electron chi connectivity index (χ4n) is 2.11. The Kier molecular flexibility index (Phi) is 5.49. The van der Waals surface area contributed by atoms with Gasteiger partial charge in [0.25, 0.3) is 11.6 Å². The van der Waals surface area contributed by atoms with E-state index in [9.17, 15) is 14.9 Å². The Balaban J connectivity index is 1.88. The number of aromatic nitrogens is 2. The van der Waals surface area contributed by atoms with Gasteiger partial charge in [-0.25, -0.2) is 4.98 Å². The van der Waals surface area contributed by atoms with Crippen molar-refractivity contribution in [1.82, 2.24) is 9.97 Å². The van der Waals surface area contributed by atoms with Crippen molar-refractivity contribution in [3.05, 3.63) is 80.8 Å². The van der Waals surface area contributed by atoms with Gasteiger partial charge in [-0.3, -0.25) is 19.9 Å².